The summed E-state index contributed by atoms with van der Waals surface area (Å²) in [6.07, 6.45) is 3.73. The number of hydrogen-bond acceptors (Lipinski definition) is 9. The number of ether oxygens (including phenoxy) is 3. The Hall–Kier alpha value is -4.62. The monoisotopic (exact) mass is 764 g/mol. The van der Waals surface area contributed by atoms with E-state index in [0.29, 0.717) is 25.8 Å². The van der Waals surface area contributed by atoms with Crippen LogP contribution < -0.4 is 16.1 Å². The maximum Gasteiger partial charge on any atom is 0.324 e. The van der Waals surface area contributed by atoms with Gasteiger partial charge in [0.2, 0.25) is 5.91 Å². The standard InChI is InChI=1S/C44H56N6O6/c1-7-49-38-16-15-31-21-34(38)35(40(49)33-13-9-17-46-39(33)28(3)54-6)22-44(4,5)26-56-43(53)36-14-10-18-50(48-36)42(52)37(20-29-11-8-12-30(31)19-29)47-41(51)27(2)25-55-32-23-45-24-32/h8-9,11-13,15-17,19,21,27-28,32,36-37,45,48H,7,10,14,18,20,22-26H2,1-6H3,(H,47,51)/t27?,28-,36-,37-/m0/s1. The number of hydrazine groups is 1. The molecule has 2 aromatic carbocycles. The van der Waals surface area contributed by atoms with E-state index in [1.54, 1.807) is 7.11 Å². The van der Waals surface area contributed by atoms with Crippen molar-refractivity contribution in [3.8, 4) is 22.4 Å². The van der Waals surface area contributed by atoms with E-state index in [-0.39, 0.29) is 43.7 Å². The van der Waals surface area contributed by atoms with Gasteiger partial charge in [-0.05, 0) is 79.6 Å². The highest BCUT2D eigenvalue weighted by Gasteiger charge is 2.36. The van der Waals surface area contributed by atoms with E-state index in [1.165, 1.54) is 5.01 Å². The van der Waals surface area contributed by atoms with E-state index in [2.05, 4.69) is 77.8 Å². The molecular weight excluding hydrogens is 709 g/mol. The topological polar surface area (TPSA) is 136 Å². The van der Waals surface area contributed by atoms with Crippen molar-refractivity contribution in [2.24, 2.45) is 11.3 Å². The molecule has 2 saturated heterocycles. The minimum absolute atomic E-state index is 0.0974. The van der Waals surface area contributed by atoms with Crippen LogP contribution >= 0.6 is 0 Å². The van der Waals surface area contributed by atoms with Gasteiger partial charge in [-0.15, -0.1) is 0 Å². The number of esters is 1. The molecule has 12 nitrogen and oxygen atoms in total. The highest BCUT2D eigenvalue weighted by molar-refractivity contribution is 5.95. The van der Waals surface area contributed by atoms with Gasteiger partial charge in [0, 0.05) is 67.8 Å². The number of aromatic nitrogens is 2. The molecule has 3 aliphatic rings. The SMILES string of the molecule is CCn1c(-c2cccnc2[C@H](C)OC)c2c3cc(ccc31)-c1cccc(c1)C[C@H](NC(=O)C(C)COC1CNC1)C(=O)N1CCC[C@H](N1)C(=O)OCC(C)(C)C2. The normalized spacial score (nSPS) is 21.5. The molecule has 0 radical (unpaired) electrons. The summed E-state index contributed by atoms with van der Waals surface area (Å²) < 4.78 is 20.1. The van der Waals surface area contributed by atoms with Gasteiger partial charge in [0.1, 0.15) is 12.1 Å². The third kappa shape index (κ3) is 8.39. The number of benzene rings is 2. The Balaban J connectivity index is 1.32. The van der Waals surface area contributed by atoms with Gasteiger partial charge in [-0.3, -0.25) is 24.4 Å². The smallest absolute Gasteiger partial charge is 0.324 e. The second kappa shape index (κ2) is 16.9. The van der Waals surface area contributed by atoms with Crippen molar-refractivity contribution in [3.63, 3.8) is 0 Å². The van der Waals surface area contributed by atoms with Gasteiger partial charge in [0.05, 0.1) is 42.7 Å². The molecule has 12 heteroatoms. The van der Waals surface area contributed by atoms with E-state index in [9.17, 15) is 14.4 Å². The van der Waals surface area contributed by atoms with E-state index in [0.717, 1.165) is 69.7 Å². The first-order chi connectivity index (χ1) is 27.0. The predicted molar refractivity (Wildman–Crippen MR) is 215 cm³/mol. The van der Waals surface area contributed by atoms with E-state index in [4.69, 9.17) is 19.2 Å². The Labute approximate surface area is 329 Å². The van der Waals surface area contributed by atoms with Crippen molar-refractivity contribution < 1.29 is 28.6 Å². The van der Waals surface area contributed by atoms with Crippen molar-refractivity contribution in [2.45, 2.75) is 91.1 Å². The lowest BCUT2D eigenvalue weighted by molar-refractivity contribution is -0.155. The number of carbonyl (C=O) groups is 3. The number of nitrogens with one attached hydrogen (secondary N) is 3. The Morgan fingerprint density at radius 2 is 1.89 bits per heavy atom. The van der Waals surface area contributed by atoms with Crippen LogP contribution in [0.15, 0.2) is 60.8 Å². The van der Waals surface area contributed by atoms with E-state index >= 15 is 0 Å². The predicted octanol–water partition coefficient (Wildman–Crippen LogP) is 5.37. The number of pyridine rings is 1. The van der Waals surface area contributed by atoms with Crippen LogP contribution in [0.3, 0.4) is 0 Å². The van der Waals surface area contributed by atoms with Gasteiger partial charge in [-0.1, -0.05) is 51.1 Å². The van der Waals surface area contributed by atoms with Gasteiger partial charge in [0.25, 0.3) is 5.91 Å². The van der Waals surface area contributed by atoms with E-state index in [1.807, 2.05) is 38.2 Å². The highest BCUT2D eigenvalue weighted by atomic mass is 16.5. The zero-order chi connectivity index (χ0) is 39.6. The first kappa shape index (κ1) is 39.6. The second-order valence-electron chi connectivity index (χ2n) is 16.4. The van der Waals surface area contributed by atoms with Crippen LogP contribution in [0.4, 0.5) is 0 Å². The number of hydrogen-bond donors (Lipinski definition) is 3. The number of cyclic esters (lactones) is 1. The third-order valence-corrected chi connectivity index (χ3v) is 11.4. The van der Waals surface area contributed by atoms with Crippen LogP contribution in [0.25, 0.3) is 33.3 Å². The Morgan fingerprint density at radius 3 is 2.64 bits per heavy atom. The molecule has 6 bridgehead atoms. The summed E-state index contributed by atoms with van der Waals surface area (Å²) in [5.74, 6) is -1.40. The molecule has 7 rings (SSSR count). The molecule has 2 amide bonds. The highest BCUT2D eigenvalue weighted by Crippen LogP contribution is 2.42. The third-order valence-electron chi connectivity index (χ3n) is 11.4. The van der Waals surface area contributed by atoms with Crippen molar-refractivity contribution >= 4 is 28.7 Å². The number of methoxy groups -OCH3 is 1. The van der Waals surface area contributed by atoms with Gasteiger partial charge in [-0.2, -0.15) is 0 Å². The Bertz CT molecular complexity index is 2070. The fourth-order valence-electron chi connectivity index (χ4n) is 8.04. The van der Waals surface area contributed by atoms with Crippen molar-refractivity contribution in [1.82, 2.24) is 30.6 Å². The first-order valence-electron chi connectivity index (χ1n) is 20.1. The molecule has 2 fully saturated rings. The summed E-state index contributed by atoms with van der Waals surface area (Å²) in [4.78, 5) is 46.4. The number of fused-ring (bicyclic) bond motifs is 6. The van der Waals surface area contributed by atoms with Crippen LogP contribution in [0.5, 0.6) is 0 Å². The summed E-state index contributed by atoms with van der Waals surface area (Å²) in [6.45, 7) is 13.4. The van der Waals surface area contributed by atoms with Crippen LogP contribution in [0, 0.1) is 11.3 Å². The zero-order valence-corrected chi connectivity index (χ0v) is 33.5. The summed E-state index contributed by atoms with van der Waals surface area (Å²) in [5.41, 5.74) is 10.9. The van der Waals surface area contributed by atoms with E-state index < -0.39 is 29.4 Å². The Kier molecular flexibility index (Phi) is 11.9. The molecule has 2 aromatic heterocycles. The summed E-state index contributed by atoms with van der Waals surface area (Å²) in [5, 5.41) is 8.83. The molecule has 3 N–H and O–H groups in total. The maximum absolute atomic E-state index is 14.3. The summed E-state index contributed by atoms with van der Waals surface area (Å²) in [6, 6.07) is 17.3. The first-order valence-corrected chi connectivity index (χ1v) is 20.1. The van der Waals surface area contributed by atoms with Crippen molar-refractivity contribution in [1.29, 1.82) is 0 Å². The minimum Gasteiger partial charge on any atom is -0.464 e. The summed E-state index contributed by atoms with van der Waals surface area (Å²) >= 11 is 0. The molecule has 5 heterocycles. The fraction of sp³-hybridized carbons (Fsp3) is 0.500. The molecule has 0 saturated carbocycles. The molecule has 4 aromatic rings. The molecule has 298 valence electrons. The average Bonchev–Trinajstić information content (AvgIpc) is 3.49. The average molecular weight is 765 g/mol. The van der Waals surface area contributed by atoms with Crippen LogP contribution in [-0.4, -0.2) is 90.5 Å². The molecule has 4 atom stereocenters. The van der Waals surface area contributed by atoms with Crippen LogP contribution in [0.1, 0.15) is 70.4 Å². The van der Waals surface area contributed by atoms with Gasteiger partial charge in [-0.25, -0.2) is 5.43 Å². The maximum atomic E-state index is 14.3. The lowest BCUT2D eigenvalue weighted by Gasteiger charge is -2.36. The molecule has 0 spiro atoms. The zero-order valence-electron chi connectivity index (χ0n) is 33.5. The Morgan fingerprint density at radius 1 is 1.09 bits per heavy atom. The quantitative estimate of drug-likeness (QED) is 0.192. The number of rotatable bonds is 9. The number of carbonyl (C=O) groups excluding carboxylic acids is 3. The van der Waals surface area contributed by atoms with Crippen LogP contribution in [0.2, 0.25) is 0 Å². The molecule has 3 aliphatic heterocycles. The number of aryl methyl sites for hydroxylation is 1. The molecule has 1 unspecified atom stereocenters. The van der Waals surface area contributed by atoms with Gasteiger partial charge in [0.15, 0.2) is 0 Å². The lowest BCUT2D eigenvalue weighted by Crippen LogP contribution is -2.61. The largest absolute Gasteiger partial charge is 0.464 e. The number of amides is 2. The summed E-state index contributed by atoms with van der Waals surface area (Å²) in [7, 11) is 1.70. The lowest BCUT2D eigenvalue weighted by atomic mass is 9.84. The van der Waals surface area contributed by atoms with Crippen LogP contribution in [-0.2, 0) is 48.0 Å². The molecule has 56 heavy (non-hydrogen) atoms. The fourth-order valence-corrected chi connectivity index (χ4v) is 8.04. The second-order valence-corrected chi connectivity index (χ2v) is 16.4. The van der Waals surface area contributed by atoms with Crippen molar-refractivity contribution in [2.75, 3.05) is 40.0 Å². The molecular formula is C44H56N6O6. The van der Waals surface area contributed by atoms with Crippen molar-refractivity contribution in [3.05, 3.63) is 77.6 Å². The van der Waals surface area contributed by atoms with Gasteiger partial charge >= 0.3 is 5.97 Å². The van der Waals surface area contributed by atoms with Gasteiger partial charge < -0.3 is 29.4 Å². The number of nitrogens with zero attached hydrogens (tertiary/aromatic N) is 3. The minimum atomic E-state index is -0.871. The molecule has 0 aliphatic carbocycles.